The van der Waals surface area contributed by atoms with Gasteiger partial charge in [0.15, 0.2) is 11.2 Å². The summed E-state index contributed by atoms with van der Waals surface area (Å²) in [4.78, 5) is 29.0. The molecule has 2 aliphatic rings. The Morgan fingerprint density at radius 1 is 1.30 bits per heavy atom. The molecule has 30 heavy (non-hydrogen) atoms. The van der Waals surface area contributed by atoms with E-state index in [1.165, 1.54) is 12.3 Å². The standard InChI is InChI=1S/C23H28N2O5/c1-12(2)10-29-19-8-20-22(24-21(19)14-5-6-14)16-7-18(26)15(23(27)28)9-25(16)17(11-30-20)13(3)4/h7-9,12-14,17H,5-6,10-11H2,1-4H3,(H,27,28)/t17-/m0/s1. The van der Waals surface area contributed by atoms with E-state index in [4.69, 9.17) is 14.5 Å². The maximum absolute atomic E-state index is 12.5. The van der Waals surface area contributed by atoms with Gasteiger partial charge in [-0.05, 0) is 24.7 Å². The molecular formula is C23H28N2O5. The van der Waals surface area contributed by atoms with Gasteiger partial charge in [-0.15, -0.1) is 0 Å². The van der Waals surface area contributed by atoms with Crippen LogP contribution in [0.4, 0.5) is 0 Å². The first-order valence-corrected chi connectivity index (χ1v) is 10.6. The average Bonchev–Trinajstić information content (AvgIpc) is 3.51. The lowest BCUT2D eigenvalue weighted by atomic mass is 10.0. The summed E-state index contributed by atoms with van der Waals surface area (Å²) in [5.74, 6) is 0.978. The van der Waals surface area contributed by atoms with Crippen LogP contribution in [0.1, 0.15) is 68.5 Å². The van der Waals surface area contributed by atoms with Gasteiger partial charge in [0, 0.05) is 24.2 Å². The van der Waals surface area contributed by atoms with Crippen LogP contribution >= 0.6 is 0 Å². The Labute approximate surface area is 175 Å². The highest BCUT2D eigenvalue weighted by Crippen LogP contribution is 2.47. The zero-order valence-corrected chi connectivity index (χ0v) is 17.8. The summed E-state index contributed by atoms with van der Waals surface area (Å²) < 4.78 is 14.0. The number of carboxylic acid groups (broad SMARTS) is 1. The molecule has 0 aromatic carbocycles. The van der Waals surface area contributed by atoms with Crippen LogP contribution in [0.2, 0.25) is 0 Å². The van der Waals surface area contributed by atoms with Crippen LogP contribution in [0.15, 0.2) is 23.1 Å². The number of pyridine rings is 2. The van der Waals surface area contributed by atoms with Crippen molar-refractivity contribution in [2.45, 2.75) is 52.5 Å². The Morgan fingerprint density at radius 3 is 2.63 bits per heavy atom. The zero-order valence-electron chi connectivity index (χ0n) is 17.8. The van der Waals surface area contributed by atoms with Crippen LogP contribution < -0.4 is 14.9 Å². The molecule has 0 bridgehead atoms. The van der Waals surface area contributed by atoms with Gasteiger partial charge in [0.25, 0.3) is 0 Å². The number of carbonyl (C=O) groups is 1. The van der Waals surface area contributed by atoms with E-state index in [0.717, 1.165) is 24.3 Å². The van der Waals surface area contributed by atoms with Gasteiger partial charge >= 0.3 is 5.97 Å². The minimum absolute atomic E-state index is 0.127. The van der Waals surface area contributed by atoms with Gasteiger partial charge in [-0.25, -0.2) is 9.78 Å². The second kappa shape index (κ2) is 7.78. The Balaban J connectivity index is 1.90. The van der Waals surface area contributed by atoms with Crippen molar-refractivity contribution in [1.29, 1.82) is 0 Å². The van der Waals surface area contributed by atoms with Crippen LogP contribution in [-0.2, 0) is 0 Å². The number of rotatable bonds is 6. The fraction of sp³-hybridized carbons (Fsp3) is 0.522. The van der Waals surface area contributed by atoms with E-state index in [1.54, 1.807) is 0 Å². The van der Waals surface area contributed by atoms with E-state index >= 15 is 0 Å². The van der Waals surface area contributed by atoms with Gasteiger partial charge in [0.2, 0.25) is 0 Å². The number of fused-ring (bicyclic) bond motifs is 3. The highest BCUT2D eigenvalue weighted by atomic mass is 16.5. The van der Waals surface area contributed by atoms with Crippen LogP contribution in [0.3, 0.4) is 0 Å². The minimum Gasteiger partial charge on any atom is -0.491 e. The summed E-state index contributed by atoms with van der Waals surface area (Å²) in [5, 5.41) is 9.45. The maximum atomic E-state index is 12.5. The zero-order chi connectivity index (χ0) is 21.6. The second-order valence-electron chi connectivity index (χ2n) is 8.97. The van der Waals surface area contributed by atoms with Gasteiger partial charge in [0.05, 0.1) is 24.0 Å². The molecule has 2 aromatic heterocycles. The molecule has 1 saturated carbocycles. The van der Waals surface area contributed by atoms with Crippen molar-refractivity contribution in [3.8, 4) is 22.9 Å². The first kappa shape index (κ1) is 20.4. The molecule has 1 fully saturated rings. The summed E-state index contributed by atoms with van der Waals surface area (Å²) >= 11 is 0. The molecule has 2 aromatic rings. The molecule has 1 aliphatic heterocycles. The first-order valence-electron chi connectivity index (χ1n) is 10.6. The molecule has 160 valence electrons. The third-order valence-corrected chi connectivity index (χ3v) is 5.61. The lowest BCUT2D eigenvalue weighted by Crippen LogP contribution is -2.25. The summed E-state index contributed by atoms with van der Waals surface area (Å²) in [6.07, 6.45) is 3.55. The third kappa shape index (κ3) is 3.80. The van der Waals surface area contributed by atoms with E-state index in [-0.39, 0.29) is 17.5 Å². The summed E-state index contributed by atoms with van der Waals surface area (Å²) in [6, 6.07) is 3.14. The van der Waals surface area contributed by atoms with E-state index in [1.807, 2.05) is 24.5 Å². The van der Waals surface area contributed by atoms with Gasteiger partial charge < -0.3 is 19.1 Å². The molecule has 1 atom stereocenters. The van der Waals surface area contributed by atoms with Crippen molar-refractivity contribution in [3.05, 3.63) is 39.8 Å². The minimum atomic E-state index is -1.23. The Morgan fingerprint density at radius 2 is 2.03 bits per heavy atom. The second-order valence-corrected chi connectivity index (χ2v) is 8.97. The van der Waals surface area contributed by atoms with Crippen LogP contribution in [0.5, 0.6) is 11.5 Å². The summed E-state index contributed by atoms with van der Waals surface area (Å²) in [7, 11) is 0. The predicted octanol–water partition coefficient (Wildman–Crippen LogP) is 4.11. The van der Waals surface area contributed by atoms with Crippen molar-refractivity contribution in [2.24, 2.45) is 11.8 Å². The van der Waals surface area contributed by atoms with Crippen LogP contribution in [0, 0.1) is 11.8 Å². The Bertz CT molecular complexity index is 1040. The lowest BCUT2D eigenvalue weighted by Gasteiger charge is -2.24. The largest absolute Gasteiger partial charge is 0.491 e. The molecule has 1 N–H and O–H groups in total. The molecule has 7 nitrogen and oxygen atoms in total. The highest BCUT2D eigenvalue weighted by Gasteiger charge is 2.33. The number of carboxylic acids is 1. The van der Waals surface area contributed by atoms with Crippen molar-refractivity contribution in [2.75, 3.05) is 13.2 Å². The van der Waals surface area contributed by atoms with Crippen LogP contribution in [-0.4, -0.2) is 33.8 Å². The fourth-order valence-electron chi connectivity index (χ4n) is 3.75. The molecule has 7 heteroatoms. The van der Waals surface area contributed by atoms with E-state index in [9.17, 15) is 14.7 Å². The van der Waals surface area contributed by atoms with Crippen molar-refractivity contribution >= 4 is 5.97 Å². The molecule has 0 radical (unpaired) electrons. The normalized spacial score (nSPS) is 17.9. The Kier molecular flexibility index (Phi) is 5.30. The highest BCUT2D eigenvalue weighted by molar-refractivity contribution is 5.87. The Hall–Kier alpha value is -2.83. The van der Waals surface area contributed by atoms with Crippen molar-refractivity contribution < 1.29 is 19.4 Å². The summed E-state index contributed by atoms with van der Waals surface area (Å²) in [5.41, 5.74) is 1.29. The molecule has 0 amide bonds. The number of hydrogen-bond donors (Lipinski definition) is 1. The van der Waals surface area contributed by atoms with E-state index in [2.05, 4.69) is 13.8 Å². The maximum Gasteiger partial charge on any atom is 0.341 e. The molecule has 4 rings (SSSR count). The molecule has 0 saturated heterocycles. The van der Waals surface area contributed by atoms with Gasteiger partial charge in [-0.2, -0.15) is 0 Å². The number of hydrogen-bond acceptors (Lipinski definition) is 5. The average molecular weight is 412 g/mol. The molecule has 0 unspecified atom stereocenters. The number of nitrogens with zero attached hydrogens (tertiary/aromatic N) is 2. The van der Waals surface area contributed by atoms with Gasteiger partial charge in [-0.1, -0.05) is 27.7 Å². The van der Waals surface area contributed by atoms with Crippen molar-refractivity contribution in [1.82, 2.24) is 9.55 Å². The quantitative estimate of drug-likeness (QED) is 0.768. The SMILES string of the molecule is CC(C)COc1cc2c(nc1C1CC1)-c1cc(=O)c(C(=O)O)cn1[C@H](C(C)C)CO2. The number of aromatic nitrogens is 2. The fourth-order valence-corrected chi connectivity index (χ4v) is 3.75. The third-order valence-electron chi connectivity index (χ3n) is 5.61. The predicted molar refractivity (Wildman–Crippen MR) is 113 cm³/mol. The van der Waals surface area contributed by atoms with E-state index in [0.29, 0.717) is 42.2 Å². The number of aromatic carboxylic acids is 1. The molecule has 3 heterocycles. The van der Waals surface area contributed by atoms with Crippen LogP contribution in [0.25, 0.3) is 11.4 Å². The topological polar surface area (TPSA) is 90.6 Å². The lowest BCUT2D eigenvalue weighted by molar-refractivity contribution is 0.0694. The first-order chi connectivity index (χ1) is 14.3. The monoisotopic (exact) mass is 412 g/mol. The van der Waals surface area contributed by atoms with E-state index < -0.39 is 11.4 Å². The molecule has 1 aliphatic carbocycles. The molecule has 0 spiro atoms. The van der Waals surface area contributed by atoms with Crippen molar-refractivity contribution in [3.63, 3.8) is 0 Å². The van der Waals surface area contributed by atoms with Gasteiger partial charge in [-0.3, -0.25) is 4.79 Å². The number of ether oxygens (including phenoxy) is 2. The molecular weight excluding hydrogens is 384 g/mol. The smallest absolute Gasteiger partial charge is 0.341 e. The van der Waals surface area contributed by atoms with Gasteiger partial charge in [0.1, 0.15) is 23.6 Å². The summed E-state index contributed by atoms with van der Waals surface area (Å²) in [6.45, 7) is 9.24.